The van der Waals surface area contributed by atoms with Crippen LogP contribution in [0.5, 0.6) is 0 Å². The Hall–Kier alpha value is -1.85. The van der Waals surface area contributed by atoms with E-state index in [4.69, 9.17) is 10.3 Å². The lowest BCUT2D eigenvalue weighted by molar-refractivity contribution is -0.121. The van der Waals surface area contributed by atoms with Gasteiger partial charge in [0.15, 0.2) is 5.76 Å². The molecule has 108 valence electrons. The molecule has 0 saturated heterocycles. The van der Waals surface area contributed by atoms with E-state index in [1.165, 1.54) is 0 Å². The van der Waals surface area contributed by atoms with Crippen molar-refractivity contribution < 1.29 is 9.32 Å². The fraction of sp³-hybridized carbons (Fsp3) is 0.286. The number of carbonyl (C=O) groups is 1. The van der Waals surface area contributed by atoms with Crippen LogP contribution in [0.4, 0.5) is 0 Å². The number of hydrogen-bond donors (Lipinski definition) is 2. The highest BCUT2D eigenvalue weighted by Gasteiger charge is 2.11. The maximum absolute atomic E-state index is 11.8. The van der Waals surface area contributed by atoms with E-state index >= 15 is 0 Å². The van der Waals surface area contributed by atoms with Crippen LogP contribution < -0.4 is 11.1 Å². The maximum atomic E-state index is 11.8. The summed E-state index contributed by atoms with van der Waals surface area (Å²) < 4.78 is 5.01. The summed E-state index contributed by atoms with van der Waals surface area (Å²) in [6.45, 7) is 2.17. The van der Waals surface area contributed by atoms with E-state index in [0.717, 1.165) is 11.3 Å². The molecule has 1 heterocycles. The van der Waals surface area contributed by atoms with Crippen molar-refractivity contribution in [2.24, 2.45) is 5.73 Å². The Kier molecular flexibility index (Phi) is 6.21. The molecule has 0 fully saturated rings. The van der Waals surface area contributed by atoms with Gasteiger partial charge < -0.3 is 15.6 Å². The van der Waals surface area contributed by atoms with Crippen molar-refractivity contribution in [1.82, 2.24) is 10.5 Å². The van der Waals surface area contributed by atoms with Gasteiger partial charge >= 0.3 is 0 Å². The normalized spacial score (nSPS) is 11.5. The predicted octanol–water partition coefficient (Wildman–Crippen LogP) is 2.11. The molecule has 0 bridgehead atoms. The zero-order chi connectivity index (χ0) is 13.7. The Bertz CT molecular complexity index is 542. The number of carbonyl (C=O) groups excluding carboxylic acids is 1. The van der Waals surface area contributed by atoms with E-state index < -0.39 is 0 Å². The molecule has 0 radical (unpaired) electrons. The van der Waals surface area contributed by atoms with E-state index in [1.54, 1.807) is 6.07 Å². The quantitative estimate of drug-likeness (QED) is 0.885. The first kappa shape index (κ1) is 16.2. The molecule has 20 heavy (non-hydrogen) atoms. The largest absolute Gasteiger partial charge is 0.359 e. The average Bonchev–Trinajstić information content (AvgIpc) is 2.83. The monoisotopic (exact) mass is 295 g/mol. The van der Waals surface area contributed by atoms with Gasteiger partial charge in [-0.2, -0.15) is 0 Å². The molecule has 1 unspecified atom stereocenters. The standard InChI is InChI=1S/C14H17N3O2.ClH/c1-10-7-12(19-17-10)9-16-14(18)8-13(15)11-5-3-2-4-6-11;/h2-7,13H,8-9,15H2,1H3,(H,16,18);1H. The van der Waals surface area contributed by atoms with Gasteiger partial charge in [0.25, 0.3) is 0 Å². The molecule has 1 aromatic heterocycles. The number of aryl methyl sites for hydroxylation is 1. The minimum Gasteiger partial charge on any atom is -0.359 e. The third-order valence-electron chi connectivity index (χ3n) is 2.77. The van der Waals surface area contributed by atoms with Gasteiger partial charge in [-0.05, 0) is 12.5 Å². The molecule has 2 aromatic rings. The average molecular weight is 296 g/mol. The van der Waals surface area contributed by atoms with E-state index in [2.05, 4.69) is 10.5 Å². The molecule has 6 heteroatoms. The van der Waals surface area contributed by atoms with Crippen LogP contribution in [0, 0.1) is 6.92 Å². The van der Waals surface area contributed by atoms with Gasteiger partial charge in [0, 0.05) is 18.5 Å². The lowest BCUT2D eigenvalue weighted by atomic mass is 10.0. The van der Waals surface area contributed by atoms with Gasteiger partial charge in [0.1, 0.15) is 0 Å². The number of nitrogens with zero attached hydrogens (tertiary/aromatic N) is 1. The Morgan fingerprint density at radius 2 is 2.10 bits per heavy atom. The van der Waals surface area contributed by atoms with E-state index in [1.807, 2.05) is 37.3 Å². The number of halogens is 1. The zero-order valence-electron chi connectivity index (χ0n) is 11.2. The molecule has 3 N–H and O–H groups in total. The fourth-order valence-corrected chi connectivity index (χ4v) is 1.78. The summed E-state index contributed by atoms with van der Waals surface area (Å²) in [5.74, 6) is 0.532. The van der Waals surface area contributed by atoms with Crippen LogP contribution in [0.1, 0.15) is 29.5 Å². The van der Waals surface area contributed by atoms with Gasteiger partial charge in [-0.15, -0.1) is 12.4 Å². The summed E-state index contributed by atoms with van der Waals surface area (Å²) in [6, 6.07) is 11.1. The minimum atomic E-state index is -0.294. The second-order valence-electron chi connectivity index (χ2n) is 4.43. The summed E-state index contributed by atoms with van der Waals surface area (Å²) in [5.41, 5.74) is 7.72. The van der Waals surface area contributed by atoms with Crippen molar-refractivity contribution in [3.05, 3.63) is 53.4 Å². The summed E-state index contributed by atoms with van der Waals surface area (Å²) in [6.07, 6.45) is 0.247. The van der Waals surface area contributed by atoms with Crippen LogP contribution in [0.15, 0.2) is 40.9 Å². The van der Waals surface area contributed by atoms with Crippen molar-refractivity contribution in [1.29, 1.82) is 0 Å². The van der Waals surface area contributed by atoms with Crippen molar-refractivity contribution >= 4 is 18.3 Å². The number of amides is 1. The minimum absolute atomic E-state index is 0. The van der Waals surface area contributed by atoms with Crippen LogP contribution in [-0.2, 0) is 11.3 Å². The molecule has 1 atom stereocenters. The third-order valence-corrected chi connectivity index (χ3v) is 2.77. The first-order chi connectivity index (χ1) is 9.15. The summed E-state index contributed by atoms with van der Waals surface area (Å²) >= 11 is 0. The molecule has 2 rings (SSSR count). The van der Waals surface area contributed by atoms with Gasteiger partial charge in [-0.3, -0.25) is 4.79 Å². The Morgan fingerprint density at radius 3 is 2.70 bits per heavy atom. The zero-order valence-corrected chi connectivity index (χ0v) is 12.0. The highest BCUT2D eigenvalue weighted by molar-refractivity contribution is 5.85. The molecule has 0 spiro atoms. The van der Waals surface area contributed by atoms with Crippen molar-refractivity contribution in [3.63, 3.8) is 0 Å². The van der Waals surface area contributed by atoms with Crippen molar-refractivity contribution in [2.75, 3.05) is 0 Å². The molecular formula is C14H18ClN3O2. The lowest BCUT2D eigenvalue weighted by Crippen LogP contribution is -2.27. The van der Waals surface area contributed by atoms with Gasteiger partial charge in [0.05, 0.1) is 12.2 Å². The summed E-state index contributed by atoms with van der Waals surface area (Å²) in [5, 5.41) is 6.51. The number of nitrogens with two attached hydrogens (primary N) is 1. The van der Waals surface area contributed by atoms with Gasteiger partial charge in [-0.25, -0.2) is 0 Å². The van der Waals surface area contributed by atoms with Crippen LogP contribution >= 0.6 is 12.4 Å². The molecule has 0 aliphatic carbocycles. The fourth-order valence-electron chi connectivity index (χ4n) is 1.78. The molecule has 0 aliphatic heterocycles. The first-order valence-electron chi connectivity index (χ1n) is 6.14. The lowest BCUT2D eigenvalue weighted by Gasteiger charge is -2.11. The Labute approximate surface area is 123 Å². The van der Waals surface area contributed by atoms with Crippen LogP contribution in [0.2, 0.25) is 0 Å². The van der Waals surface area contributed by atoms with E-state index in [0.29, 0.717) is 12.3 Å². The van der Waals surface area contributed by atoms with Crippen molar-refractivity contribution in [3.8, 4) is 0 Å². The second kappa shape index (κ2) is 7.67. The summed E-state index contributed by atoms with van der Waals surface area (Å²) in [7, 11) is 0. The molecular weight excluding hydrogens is 278 g/mol. The van der Waals surface area contributed by atoms with E-state index in [-0.39, 0.29) is 30.8 Å². The molecule has 0 saturated carbocycles. The van der Waals surface area contributed by atoms with Crippen molar-refractivity contribution in [2.45, 2.75) is 25.9 Å². The number of rotatable bonds is 5. The smallest absolute Gasteiger partial charge is 0.222 e. The number of benzene rings is 1. The number of aromatic nitrogens is 1. The topological polar surface area (TPSA) is 81.2 Å². The second-order valence-corrected chi connectivity index (χ2v) is 4.43. The maximum Gasteiger partial charge on any atom is 0.222 e. The molecule has 1 amide bonds. The molecule has 1 aromatic carbocycles. The van der Waals surface area contributed by atoms with E-state index in [9.17, 15) is 4.79 Å². The van der Waals surface area contributed by atoms with Crippen LogP contribution in [0.3, 0.4) is 0 Å². The first-order valence-corrected chi connectivity index (χ1v) is 6.14. The van der Waals surface area contributed by atoms with Gasteiger partial charge in [0.2, 0.25) is 5.91 Å². The number of hydrogen-bond acceptors (Lipinski definition) is 4. The summed E-state index contributed by atoms with van der Waals surface area (Å²) in [4.78, 5) is 11.8. The Balaban J connectivity index is 0.00000200. The SMILES string of the molecule is Cc1cc(CNC(=O)CC(N)c2ccccc2)on1.Cl. The van der Waals surface area contributed by atoms with Crippen LogP contribution in [0.25, 0.3) is 0 Å². The van der Waals surface area contributed by atoms with Crippen LogP contribution in [-0.4, -0.2) is 11.1 Å². The predicted molar refractivity (Wildman–Crippen MR) is 78.3 cm³/mol. The molecule has 0 aliphatic rings. The molecule has 5 nitrogen and oxygen atoms in total. The third kappa shape index (κ3) is 4.68. The number of nitrogens with one attached hydrogen (secondary N) is 1. The highest BCUT2D eigenvalue weighted by atomic mass is 35.5. The Morgan fingerprint density at radius 1 is 1.40 bits per heavy atom. The highest BCUT2D eigenvalue weighted by Crippen LogP contribution is 2.13. The van der Waals surface area contributed by atoms with Gasteiger partial charge in [-0.1, -0.05) is 35.5 Å².